The van der Waals surface area contributed by atoms with E-state index in [9.17, 15) is 4.79 Å². The number of urea groups is 1. The summed E-state index contributed by atoms with van der Waals surface area (Å²) in [5.74, 6) is 1.17. The van der Waals surface area contributed by atoms with Crippen molar-refractivity contribution in [3.05, 3.63) is 24.3 Å². The first-order valence-electron chi connectivity index (χ1n) is 6.54. The minimum Gasteiger partial charge on any atom is -0.497 e. The van der Waals surface area contributed by atoms with E-state index in [0.717, 1.165) is 24.4 Å². The smallest absolute Gasteiger partial charge is 0.321 e. The maximum Gasteiger partial charge on any atom is 0.321 e. The second kappa shape index (κ2) is 5.93. The molecule has 5 heteroatoms. The van der Waals surface area contributed by atoms with Gasteiger partial charge in [-0.05, 0) is 24.5 Å². The van der Waals surface area contributed by atoms with Gasteiger partial charge in [-0.15, -0.1) is 0 Å². The quantitative estimate of drug-likeness (QED) is 0.856. The van der Waals surface area contributed by atoms with Gasteiger partial charge in [-0.2, -0.15) is 0 Å². The molecule has 1 aliphatic rings. The van der Waals surface area contributed by atoms with Crippen LogP contribution < -0.4 is 15.8 Å². The lowest BCUT2D eigenvalue weighted by atomic mass is 9.97. The van der Waals surface area contributed by atoms with Crippen molar-refractivity contribution in [3.8, 4) is 5.75 Å². The van der Waals surface area contributed by atoms with Gasteiger partial charge in [-0.1, -0.05) is 13.0 Å². The Kier molecular flexibility index (Phi) is 4.27. The summed E-state index contributed by atoms with van der Waals surface area (Å²) in [6, 6.07) is 7.29. The number of anilines is 1. The topological polar surface area (TPSA) is 67.6 Å². The third kappa shape index (κ3) is 3.61. The Balaban J connectivity index is 2.00. The third-order valence-electron chi connectivity index (χ3n) is 3.30. The number of amides is 2. The first-order valence-corrected chi connectivity index (χ1v) is 6.54. The number of ether oxygens (including phenoxy) is 1. The Hall–Kier alpha value is -1.75. The Labute approximate surface area is 113 Å². The molecule has 0 spiro atoms. The molecule has 2 unspecified atom stereocenters. The van der Waals surface area contributed by atoms with Crippen LogP contribution in [0.25, 0.3) is 0 Å². The van der Waals surface area contributed by atoms with Crippen molar-refractivity contribution in [1.82, 2.24) is 4.90 Å². The predicted octanol–water partition coefficient (Wildman–Crippen LogP) is 1.90. The Morgan fingerprint density at radius 3 is 2.95 bits per heavy atom. The van der Waals surface area contributed by atoms with E-state index in [1.54, 1.807) is 18.1 Å². The fourth-order valence-corrected chi connectivity index (χ4v) is 2.47. The van der Waals surface area contributed by atoms with Crippen LogP contribution in [0.1, 0.15) is 13.3 Å². The van der Waals surface area contributed by atoms with Crippen LogP contribution >= 0.6 is 0 Å². The van der Waals surface area contributed by atoms with Crippen LogP contribution in [0.5, 0.6) is 5.75 Å². The summed E-state index contributed by atoms with van der Waals surface area (Å²) in [4.78, 5) is 14.0. The zero-order valence-corrected chi connectivity index (χ0v) is 11.4. The van der Waals surface area contributed by atoms with Crippen LogP contribution in [0.4, 0.5) is 10.5 Å². The van der Waals surface area contributed by atoms with E-state index in [1.807, 2.05) is 18.2 Å². The molecule has 3 N–H and O–H groups in total. The Morgan fingerprint density at radius 1 is 1.47 bits per heavy atom. The maximum atomic E-state index is 12.2. The molecule has 2 amide bonds. The number of carbonyl (C=O) groups excluding carboxylic acids is 1. The molecule has 2 atom stereocenters. The van der Waals surface area contributed by atoms with Crippen LogP contribution in [-0.2, 0) is 0 Å². The highest BCUT2D eigenvalue weighted by atomic mass is 16.5. The van der Waals surface area contributed by atoms with Gasteiger partial charge in [0.15, 0.2) is 0 Å². The van der Waals surface area contributed by atoms with Gasteiger partial charge in [0.25, 0.3) is 0 Å². The fraction of sp³-hybridized carbons (Fsp3) is 0.500. The van der Waals surface area contributed by atoms with E-state index < -0.39 is 0 Å². The van der Waals surface area contributed by atoms with E-state index in [1.165, 1.54) is 0 Å². The highest BCUT2D eigenvalue weighted by molar-refractivity contribution is 5.89. The van der Waals surface area contributed by atoms with Gasteiger partial charge in [-0.3, -0.25) is 0 Å². The highest BCUT2D eigenvalue weighted by Crippen LogP contribution is 2.19. The minimum absolute atomic E-state index is 0.0693. The molecule has 104 valence electrons. The minimum atomic E-state index is -0.102. The van der Waals surface area contributed by atoms with E-state index in [2.05, 4.69) is 12.2 Å². The molecule has 1 fully saturated rings. The lowest BCUT2D eigenvalue weighted by Crippen LogP contribution is -2.50. The summed E-state index contributed by atoms with van der Waals surface area (Å²) < 4.78 is 5.13. The van der Waals surface area contributed by atoms with Gasteiger partial charge in [0.05, 0.1) is 7.11 Å². The van der Waals surface area contributed by atoms with Crippen molar-refractivity contribution in [3.63, 3.8) is 0 Å². The number of nitrogens with zero attached hydrogens (tertiary/aromatic N) is 1. The molecule has 0 radical (unpaired) electrons. The highest BCUT2D eigenvalue weighted by Gasteiger charge is 2.25. The number of piperidine rings is 1. The molecule has 19 heavy (non-hydrogen) atoms. The number of benzene rings is 1. The Morgan fingerprint density at radius 2 is 2.26 bits per heavy atom. The SMILES string of the molecule is COc1cccc(NC(=O)N2CC(C)CC(N)C2)c1. The van der Waals surface area contributed by atoms with E-state index in [-0.39, 0.29) is 12.1 Å². The summed E-state index contributed by atoms with van der Waals surface area (Å²) in [5.41, 5.74) is 6.68. The molecule has 2 rings (SSSR count). The fourth-order valence-electron chi connectivity index (χ4n) is 2.47. The number of hydrogen-bond donors (Lipinski definition) is 2. The summed E-state index contributed by atoms with van der Waals surface area (Å²) >= 11 is 0. The first-order chi connectivity index (χ1) is 9.08. The molecule has 1 aromatic rings. The normalized spacial score (nSPS) is 23.0. The predicted molar refractivity (Wildman–Crippen MR) is 75.3 cm³/mol. The average molecular weight is 263 g/mol. The third-order valence-corrected chi connectivity index (χ3v) is 3.30. The van der Waals surface area contributed by atoms with Gasteiger partial charge in [0.1, 0.15) is 5.75 Å². The van der Waals surface area contributed by atoms with E-state index in [0.29, 0.717) is 12.5 Å². The zero-order valence-electron chi connectivity index (χ0n) is 11.4. The molecular weight excluding hydrogens is 242 g/mol. The van der Waals surface area contributed by atoms with Crippen LogP contribution in [-0.4, -0.2) is 37.2 Å². The largest absolute Gasteiger partial charge is 0.497 e. The molecule has 1 heterocycles. The molecule has 0 aromatic heterocycles. The molecule has 0 saturated carbocycles. The summed E-state index contributed by atoms with van der Waals surface area (Å²) in [5, 5.41) is 2.88. The van der Waals surface area contributed by atoms with E-state index in [4.69, 9.17) is 10.5 Å². The number of likely N-dealkylation sites (tertiary alicyclic amines) is 1. The van der Waals surface area contributed by atoms with Crippen LogP contribution in [0.15, 0.2) is 24.3 Å². The Bertz CT molecular complexity index is 440. The number of hydrogen-bond acceptors (Lipinski definition) is 3. The number of nitrogens with two attached hydrogens (primary N) is 1. The van der Waals surface area contributed by atoms with Crippen LogP contribution in [0.2, 0.25) is 0 Å². The number of methoxy groups -OCH3 is 1. The summed E-state index contributed by atoms with van der Waals surface area (Å²) in [6.07, 6.45) is 0.975. The summed E-state index contributed by atoms with van der Waals surface area (Å²) in [7, 11) is 1.60. The molecular formula is C14H21N3O2. The lowest BCUT2D eigenvalue weighted by Gasteiger charge is -2.34. The van der Waals surface area contributed by atoms with Gasteiger partial charge in [0.2, 0.25) is 0 Å². The van der Waals surface area contributed by atoms with Gasteiger partial charge in [-0.25, -0.2) is 4.79 Å². The second-order valence-corrected chi connectivity index (χ2v) is 5.17. The van der Waals surface area contributed by atoms with Crippen molar-refractivity contribution in [2.24, 2.45) is 11.7 Å². The zero-order chi connectivity index (χ0) is 13.8. The van der Waals surface area contributed by atoms with Crippen LogP contribution in [0.3, 0.4) is 0 Å². The molecule has 1 aliphatic heterocycles. The molecule has 1 saturated heterocycles. The second-order valence-electron chi connectivity index (χ2n) is 5.17. The van der Waals surface area contributed by atoms with Crippen molar-refractivity contribution in [1.29, 1.82) is 0 Å². The van der Waals surface area contributed by atoms with Crippen molar-refractivity contribution < 1.29 is 9.53 Å². The molecule has 5 nitrogen and oxygen atoms in total. The summed E-state index contributed by atoms with van der Waals surface area (Å²) in [6.45, 7) is 3.48. The number of rotatable bonds is 2. The van der Waals surface area contributed by atoms with Crippen LogP contribution in [0, 0.1) is 5.92 Å². The van der Waals surface area contributed by atoms with Gasteiger partial charge in [0, 0.05) is 30.9 Å². The van der Waals surface area contributed by atoms with Gasteiger partial charge < -0.3 is 20.7 Å². The van der Waals surface area contributed by atoms with E-state index >= 15 is 0 Å². The number of nitrogens with one attached hydrogen (secondary N) is 1. The monoisotopic (exact) mass is 263 g/mol. The standard InChI is InChI=1S/C14H21N3O2/c1-10-6-11(15)9-17(8-10)14(18)16-12-4-3-5-13(7-12)19-2/h3-5,7,10-11H,6,8-9,15H2,1-2H3,(H,16,18). The molecule has 1 aromatic carbocycles. The van der Waals surface area contributed by atoms with Crippen molar-refractivity contribution in [2.45, 2.75) is 19.4 Å². The molecule has 0 bridgehead atoms. The maximum absolute atomic E-state index is 12.2. The lowest BCUT2D eigenvalue weighted by molar-refractivity contribution is 0.172. The van der Waals surface area contributed by atoms with Crippen molar-refractivity contribution >= 4 is 11.7 Å². The number of carbonyl (C=O) groups is 1. The van der Waals surface area contributed by atoms with Crippen molar-refractivity contribution in [2.75, 3.05) is 25.5 Å². The average Bonchev–Trinajstić information content (AvgIpc) is 2.37. The van der Waals surface area contributed by atoms with Gasteiger partial charge >= 0.3 is 6.03 Å². The first kappa shape index (κ1) is 13.7. The molecule has 0 aliphatic carbocycles.